The van der Waals surface area contributed by atoms with Crippen molar-refractivity contribution in [3.8, 4) is 0 Å². The van der Waals surface area contributed by atoms with Gasteiger partial charge in [-0.1, -0.05) is 15.9 Å². The number of hydrogen-bond donors (Lipinski definition) is 2. The molecule has 0 unspecified atom stereocenters. The second-order valence-electron chi connectivity index (χ2n) is 4.93. The van der Waals surface area contributed by atoms with Gasteiger partial charge in [0.05, 0.1) is 6.54 Å². The molecule has 21 heavy (non-hydrogen) atoms. The predicted molar refractivity (Wildman–Crippen MR) is 78.5 cm³/mol. The van der Waals surface area contributed by atoms with Crippen LogP contribution in [0.3, 0.4) is 0 Å². The first-order valence-corrected chi connectivity index (χ1v) is 7.48. The third-order valence-electron chi connectivity index (χ3n) is 3.38. The molecule has 1 heterocycles. The molecule has 1 aliphatic heterocycles. The number of hydrogen-bond acceptors (Lipinski definition) is 2. The van der Waals surface area contributed by atoms with Crippen molar-refractivity contribution >= 4 is 27.9 Å². The van der Waals surface area contributed by atoms with E-state index in [1.807, 2.05) is 6.07 Å². The summed E-state index contributed by atoms with van der Waals surface area (Å²) in [5.41, 5.74) is 1.46. The van der Waals surface area contributed by atoms with Gasteiger partial charge in [-0.05, 0) is 30.5 Å². The SMILES string of the molecule is O=C(O)CCCNC(=O)N1CCc2cc(Br)cc(F)c2C1. The van der Waals surface area contributed by atoms with E-state index in [1.54, 1.807) is 4.90 Å². The molecule has 0 saturated heterocycles. The van der Waals surface area contributed by atoms with Crippen LogP contribution in [0.1, 0.15) is 24.0 Å². The number of nitrogens with one attached hydrogen (secondary N) is 1. The van der Waals surface area contributed by atoms with E-state index in [1.165, 1.54) is 6.07 Å². The number of carbonyl (C=O) groups is 2. The van der Waals surface area contributed by atoms with Crippen molar-refractivity contribution in [1.29, 1.82) is 0 Å². The predicted octanol–water partition coefficient (Wildman–Crippen LogP) is 2.52. The highest BCUT2D eigenvalue weighted by atomic mass is 79.9. The molecule has 1 aliphatic rings. The molecule has 5 nitrogen and oxygen atoms in total. The molecule has 0 spiro atoms. The number of aliphatic carboxylic acids is 1. The summed E-state index contributed by atoms with van der Waals surface area (Å²) < 4.78 is 14.6. The van der Waals surface area contributed by atoms with E-state index in [0.29, 0.717) is 36.0 Å². The zero-order chi connectivity index (χ0) is 15.4. The number of fused-ring (bicyclic) bond motifs is 1. The van der Waals surface area contributed by atoms with Crippen molar-refractivity contribution < 1.29 is 19.1 Å². The van der Waals surface area contributed by atoms with Crippen LogP contribution in [0.2, 0.25) is 0 Å². The van der Waals surface area contributed by atoms with Crippen molar-refractivity contribution in [3.63, 3.8) is 0 Å². The van der Waals surface area contributed by atoms with Gasteiger partial charge in [-0.2, -0.15) is 0 Å². The molecule has 7 heteroatoms. The summed E-state index contributed by atoms with van der Waals surface area (Å²) in [5.74, 6) is -1.20. The van der Waals surface area contributed by atoms with Gasteiger partial charge < -0.3 is 15.3 Å². The number of carboxylic acids is 1. The van der Waals surface area contributed by atoms with E-state index in [0.717, 1.165) is 5.56 Å². The van der Waals surface area contributed by atoms with Crippen molar-refractivity contribution in [2.75, 3.05) is 13.1 Å². The van der Waals surface area contributed by atoms with E-state index in [4.69, 9.17) is 5.11 Å². The Morgan fingerprint density at radius 2 is 2.19 bits per heavy atom. The Labute approximate surface area is 130 Å². The monoisotopic (exact) mass is 358 g/mol. The lowest BCUT2D eigenvalue weighted by molar-refractivity contribution is -0.137. The lowest BCUT2D eigenvalue weighted by atomic mass is 9.99. The molecule has 0 aromatic heterocycles. The number of nitrogens with zero attached hydrogens (tertiary/aromatic N) is 1. The van der Waals surface area contributed by atoms with Gasteiger partial charge >= 0.3 is 12.0 Å². The summed E-state index contributed by atoms with van der Waals surface area (Å²) in [5, 5.41) is 11.2. The molecule has 2 amide bonds. The van der Waals surface area contributed by atoms with E-state index in [9.17, 15) is 14.0 Å². The summed E-state index contributed by atoms with van der Waals surface area (Å²) in [4.78, 5) is 23.9. The van der Waals surface area contributed by atoms with Gasteiger partial charge in [0, 0.05) is 29.5 Å². The average molecular weight is 359 g/mol. The van der Waals surface area contributed by atoms with Crippen LogP contribution < -0.4 is 5.32 Å². The van der Waals surface area contributed by atoms with Gasteiger partial charge in [-0.3, -0.25) is 4.79 Å². The van der Waals surface area contributed by atoms with Crippen molar-refractivity contribution in [2.45, 2.75) is 25.8 Å². The number of urea groups is 1. The summed E-state index contributed by atoms with van der Waals surface area (Å²) in [7, 11) is 0. The molecule has 0 bridgehead atoms. The maximum atomic E-state index is 13.9. The number of rotatable bonds is 4. The third kappa shape index (κ3) is 4.17. The molecule has 0 aliphatic carbocycles. The Kier molecular flexibility index (Phi) is 5.17. The average Bonchev–Trinajstić information content (AvgIpc) is 2.42. The lowest BCUT2D eigenvalue weighted by Crippen LogP contribution is -2.43. The van der Waals surface area contributed by atoms with E-state index in [-0.39, 0.29) is 24.8 Å². The summed E-state index contributed by atoms with van der Waals surface area (Å²) >= 11 is 3.26. The van der Waals surface area contributed by atoms with Crippen LogP contribution >= 0.6 is 15.9 Å². The standard InChI is InChI=1S/C14H16BrFN2O3/c15-10-6-9-3-5-18(8-11(9)12(16)7-10)14(21)17-4-1-2-13(19)20/h6-7H,1-5,8H2,(H,17,21)(H,19,20). The minimum absolute atomic E-state index is 0.0196. The largest absolute Gasteiger partial charge is 0.481 e. The Balaban J connectivity index is 1.92. The molecule has 0 radical (unpaired) electrons. The van der Waals surface area contributed by atoms with Gasteiger partial charge in [0.2, 0.25) is 0 Å². The number of halogens is 2. The molecule has 114 valence electrons. The zero-order valence-electron chi connectivity index (χ0n) is 11.4. The van der Waals surface area contributed by atoms with Crippen molar-refractivity contribution in [2.24, 2.45) is 0 Å². The minimum atomic E-state index is -0.885. The van der Waals surface area contributed by atoms with Gasteiger partial charge in [-0.15, -0.1) is 0 Å². The topological polar surface area (TPSA) is 69.6 Å². The van der Waals surface area contributed by atoms with Crippen LogP contribution in [0.4, 0.5) is 9.18 Å². The molecule has 2 rings (SSSR count). The summed E-state index contributed by atoms with van der Waals surface area (Å²) in [6.07, 6.45) is 1.01. The van der Waals surface area contributed by atoms with E-state index in [2.05, 4.69) is 21.2 Å². The third-order valence-corrected chi connectivity index (χ3v) is 3.84. The van der Waals surface area contributed by atoms with Gasteiger partial charge in [0.1, 0.15) is 5.82 Å². The first-order valence-electron chi connectivity index (χ1n) is 6.68. The summed E-state index contributed by atoms with van der Waals surface area (Å²) in [6, 6.07) is 2.99. The molecule has 0 saturated carbocycles. The van der Waals surface area contributed by atoms with Crippen LogP contribution in [0, 0.1) is 5.82 Å². The fourth-order valence-corrected chi connectivity index (χ4v) is 2.78. The maximum absolute atomic E-state index is 13.9. The smallest absolute Gasteiger partial charge is 0.317 e. The molecule has 1 aromatic rings. The second kappa shape index (κ2) is 6.89. The number of amides is 2. The second-order valence-corrected chi connectivity index (χ2v) is 5.84. The van der Waals surface area contributed by atoms with Gasteiger partial charge in [0.25, 0.3) is 0 Å². The lowest BCUT2D eigenvalue weighted by Gasteiger charge is -2.29. The van der Waals surface area contributed by atoms with Gasteiger partial charge in [-0.25, -0.2) is 9.18 Å². The Bertz CT molecular complexity index is 565. The molecule has 0 fully saturated rings. The Morgan fingerprint density at radius 1 is 1.43 bits per heavy atom. The van der Waals surface area contributed by atoms with Crippen LogP contribution in [0.15, 0.2) is 16.6 Å². The van der Waals surface area contributed by atoms with Crippen LogP contribution in [0.25, 0.3) is 0 Å². The highest BCUT2D eigenvalue weighted by molar-refractivity contribution is 9.10. The molecule has 2 N–H and O–H groups in total. The minimum Gasteiger partial charge on any atom is -0.481 e. The molecular formula is C14H16BrFN2O3. The number of carboxylic acid groups (broad SMARTS) is 1. The highest BCUT2D eigenvalue weighted by Crippen LogP contribution is 2.25. The fraction of sp³-hybridized carbons (Fsp3) is 0.429. The Morgan fingerprint density at radius 3 is 2.90 bits per heavy atom. The Hall–Kier alpha value is -1.63. The van der Waals surface area contributed by atoms with Crippen LogP contribution in [0.5, 0.6) is 0 Å². The van der Waals surface area contributed by atoms with Gasteiger partial charge in [0.15, 0.2) is 0 Å². The number of benzene rings is 1. The van der Waals surface area contributed by atoms with Crippen LogP contribution in [-0.2, 0) is 17.8 Å². The first kappa shape index (κ1) is 15.8. The van der Waals surface area contributed by atoms with Crippen LogP contribution in [-0.4, -0.2) is 35.1 Å². The van der Waals surface area contributed by atoms with E-state index < -0.39 is 5.97 Å². The van der Waals surface area contributed by atoms with Crippen molar-refractivity contribution in [1.82, 2.24) is 10.2 Å². The number of carbonyl (C=O) groups excluding carboxylic acids is 1. The highest BCUT2D eigenvalue weighted by Gasteiger charge is 2.23. The van der Waals surface area contributed by atoms with E-state index >= 15 is 0 Å². The quantitative estimate of drug-likeness (QED) is 0.812. The molecule has 0 atom stereocenters. The molecular weight excluding hydrogens is 343 g/mol. The first-order chi connectivity index (χ1) is 9.97. The fourth-order valence-electron chi connectivity index (χ4n) is 2.30. The summed E-state index contributed by atoms with van der Waals surface area (Å²) in [6.45, 7) is 1.06. The molecule has 1 aromatic carbocycles. The zero-order valence-corrected chi connectivity index (χ0v) is 13.0. The van der Waals surface area contributed by atoms with Crippen molar-refractivity contribution in [3.05, 3.63) is 33.5 Å². The maximum Gasteiger partial charge on any atom is 0.317 e. The normalized spacial score (nSPS) is 13.7.